The first-order valence-electron chi connectivity index (χ1n) is 8.51. The molecule has 1 N–H and O–H groups in total. The molecule has 1 aromatic carbocycles. The van der Waals surface area contributed by atoms with Gasteiger partial charge in [0.2, 0.25) is 5.91 Å². The summed E-state index contributed by atoms with van der Waals surface area (Å²) >= 11 is 1.72. The molecule has 1 saturated carbocycles. The zero-order chi connectivity index (χ0) is 17.1. The zero-order valence-electron chi connectivity index (χ0n) is 14.3. The van der Waals surface area contributed by atoms with Crippen molar-refractivity contribution in [3.63, 3.8) is 0 Å². The topological polar surface area (TPSA) is 52.7 Å². The molecule has 0 unspecified atom stereocenters. The Morgan fingerprint density at radius 1 is 1.29 bits per heavy atom. The summed E-state index contributed by atoms with van der Waals surface area (Å²) in [6, 6.07) is 8.81. The number of carbonyl (C=O) groups excluding carboxylic acids is 2. The molecule has 1 heterocycles. The van der Waals surface area contributed by atoms with E-state index in [2.05, 4.69) is 35.8 Å². The molecule has 1 aromatic rings. The van der Waals surface area contributed by atoms with Crippen LogP contribution < -0.4 is 5.32 Å². The van der Waals surface area contributed by atoms with Gasteiger partial charge in [0.05, 0.1) is 0 Å². The second-order valence-corrected chi connectivity index (χ2v) is 7.55. The monoisotopic (exact) mass is 347 g/mol. The van der Waals surface area contributed by atoms with Gasteiger partial charge in [-0.25, -0.2) is 4.79 Å². The maximum Gasteiger partial charge on any atom is 0.318 e. The molecule has 130 valence electrons. The molecule has 6 heteroatoms. The number of likely N-dealkylation sites (tertiary alicyclic amines) is 1. The van der Waals surface area contributed by atoms with Crippen molar-refractivity contribution in [1.29, 1.82) is 0 Å². The fourth-order valence-corrected chi connectivity index (χ4v) is 3.48. The van der Waals surface area contributed by atoms with Gasteiger partial charge in [0.1, 0.15) is 0 Å². The second kappa shape index (κ2) is 7.47. The van der Waals surface area contributed by atoms with E-state index < -0.39 is 0 Å². The van der Waals surface area contributed by atoms with Gasteiger partial charge in [-0.3, -0.25) is 4.79 Å². The van der Waals surface area contributed by atoms with E-state index in [9.17, 15) is 9.59 Å². The van der Waals surface area contributed by atoms with Crippen molar-refractivity contribution in [2.24, 2.45) is 0 Å². The number of nitrogens with one attached hydrogen (secondary N) is 1. The average Bonchev–Trinajstić information content (AvgIpc) is 3.41. The third-order valence-electron chi connectivity index (χ3n) is 4.71. The van der Waals surface area contributed by atoms with Gasteiger partial charge in [-0.2, -0.15) is 0 Å². The molecule has 24 heavy (non-hydrogen) atoms. The van der Waals surface area contributed by atoms with Crippen LogP contribution in [0.4, 0.5) is 4.79 Å². The maximum absolute atomic E-state index is 12.7. The number of benzene rings is 1. The largest absolute Gasteiger partial charge is 0.344 e. The Kier molecular flexibility index (Phi) is 5.33. The minimum absolute atomic E-state index is 0.000748. The van der Waals surface area contributed by atoms with Crippen molar-refractivity contribution in [3.8, 4) is 0 Å². The Hall–Kier alpha value is -1.69. The third-order valence-corrected chi connectivity index (χ3v) is 5.46. The van der Waals surface area contributed by atoms with E-state index in [-0.39, 0.29) is 18.0 Å². The maximum atomic E-state index is 12.7. The van der Waals surface area contributed by atoms with Crippen molar-refractivity contribution in [3.05, 3.63) is 29.8 Å². The van der Waals surface area contributed by atoms with Gasteiger partial charge in [-0.1, -0.05) is 12.1 Å². The van der Waals surface area contributed by atoms with Gasteiger partial charge in [0.25, 0.3) is 0 Å². The lowest BCUT2D eigenvalue weighted by molar-refractivity contribution is -0.132. The van der Waals surface area contributed by atoms with E-state index in [1.165, 1.54) is 4.90 Å². The molecule has 1 aliphatic carbocycles. The fourth-order valence-electron chi connectivity index (χ4n) is 3.07. The van der Waals surface area contributed by atoms with Crippen LogP contribution in [0.25, 0.3) is 0 Å². The highest BCUT2D eigenvalue weighted by Gasteiger charge is 2.34. The molecule has 2 aliphatic rings. The highest BCUT2D eigenvalue weighted by molar-refractivity contribution is 7.98. The van der Waals surface area contributed by atoms with E-state index in [1.54, 1.807) is 23.7 Å². The number of thioether (sulfide) groups is 1. The summed E-state index contributed by atoms with van der Waals surface area (Å²) in [4.78, 5) is 29.2. The van der Waals surface area contributed by atoms with Gasteiger partial charge in [0, 0.05) is 43.5 Å². The van der Waals surface area contributed by atoms with Crippen LogP contribution in [0, 0.1) is 0 Å². The first-order chi connectivity index (χ1) is 11.6. The number of piperidine rings is 1. The molecule has 0 bridgehead atoms. The number of amides is 3. The summed E-state index contributed by atoms with van der Waals surface area (Å²) in [5, 5.41) is 3.12. The van der Waals surface area contributed by atoms with Crippen LogP contribution in [0.5, 0.6) is 0 Å². The van der Waals surface area contributed by atoms with Gasteiger partial charge in [0.15, 0.2) is 0 Å². The van der Waals surface area contributed by atoms with Gasteiger partial charge in [-0.05, 0) is 43.2 Å². The smallest absolute Gasteiger partial charge is 0.318 e. The molecule has 1 atom stereocenters. The first-order valence-corrected chi connectivity index (χ1v) is 9.73. The molecule has 5 nitrogen and oxygen atoms in total. The summed E-state index contributed by atoms with van der Waals surface area (Å²) in [5.41, 5.74) is 1.16. The lowest BCUT2D eigenvalue weighted by Gasteiger charge is -2.32. The van der Waals surface area contributed by atoms with Crippen molar-refractivity contribution in [2.45, 2.75) is 49.2 Å². The van der Waals surface area contributed by atoms with Crippen molar-refractivity contribution in [1.82, 2.24) is 15.1 Å². The summed E-state index contributed by atoms with van der Waals surface area (Å²) in [5.74, 6) is 0.161. The molecule has 1 aliphatic heterocycles. The molecule has 3 rings (SSSR count). The van der Waals surface area contributed by atoms with Crippen LogP contribution in [0.1, 0.15) is 31.2 Å². The van der Waals surface area contributed by atoms with Gasteiger partial charge in [-0.15, -0.1) is 11.8 Å². The molecule has 0 spiro atoms. The molecular formula is C18H25N3O2S. The Balaban J connectivity index is 1.60. The molecular weight excluding hydrogens is 322 g/mol. The summed E-state index contributed by atoms with van der Waals surface area (Å²) < 4.78 is 0. The number of carbonyl (C=O) groups is 2. The summed E-state index contributed by atoms with van der Waals surface area (Å²) in [6.07, 6.45) is 5.47. The number of likely N-dealkylation sites (N-methyl/N-ethyl adjacent to an activating group) is 1. The third kappa shape index (κ3) is 4.23. The van der Waals surface area contributed by atoms with Gasteiger partial charge >= 0.3 is 6.03 Å². The molecule has 2 fully saturated rings. The highest BCUT2D eigenvalue weighted by atomic mass is 32.2. The van der Waals surface area contributed by atoms with Crippen LogP contribution in [-0.2, 0) is 11.3 Å². The van der Waals surface area contributed by atoms with Crippen LogP contribution in [-0.4, -0.2) is 53.7 Å². The van der Waals surface area contributed by atoms with Crippen LogP contribution in [0.2, 0.25) is 0 Å². The molecule has 3 amide bonds. The standard InChI is InChI=1S/C18H25N3O2S/c1-20-12-14(5-10-17(20)22)19-18(23)21(15-6-7-15)11-13-3-8-16(24-2)9-4-13/h3-4,8-9,14-15H,5-7,10-12H2,1-2H3,(H,19,23)/t14-/m0/s1. The van der Waals surface area contributed by atoms with E-state index in [4.69, 9.17) is 0 Å². The normalized spacial score (nSPS) is 20.8. The summed E-state index contributed by atoms with van der Waals surface area (Å²) in [7, 11) is 1.80. The zero-order valence-corrected chi connectivity index (χ0v) is 15.1. The first kappa shape index (κ1) is 17.1. The van der Waals surface area contributed by atoms with Crippen molar-refractivity contribution < 1.29 is 9.59 Å². The Morgan fingerprint density at radius 2 is 2.00 bits per heavy atom. The average molecular weight is 347 g/mol. The number of rotatable bonds is 5. The molecule has 0 radical (unpaired) electrons. The summed E-state index contributed by atoms with van der Waals surface area (Å²) in [6.45, 7) is 1.25. The minimum atomic E-state index is -0.000748. The quantitative estimate of drug-likeness (QED) is 0.833. The lowest BCUT2D eigenvalue weighted by Crippen LogP contribution is -2.52. The van der Waals surface area contributed by atoms with Crippen molar-refractivity contribution >= 4 is 23.7 Å². The van der Waals surface area contributed by atoms with Crippen LogP contribution in [0.15, 0.2) is 29.2 Å². The SMILES string of the molecule is CSc1ccc(CN(C(=O)N[C@H]2CCC(=O)N(C)C2)C2CC2)cc1. The predicted molar refractivity (Wildman–Crippen MR) is 96.0 cm³/mol. The van der Waals surface area contributed by atoms with E-state index >= 15 is 0 Å². The van der Waals surface area contributed by atoms with Gasteiger partial charge < -0.3 is 15.1 Å². The van der Waals surface area contributed by atoms with E-state index in [0.717, 1.165) is 24.8 Å². The predicted octanol–water partition coefficient (Wildman–Crippen LogP) is 2.70. The second-order valence-electron chi connectivity index (χ2n) is 6.67. The molecule has 1 saturated heterocycles. The number of nitrogens with zero attached hydrogens (tertiary/aromatic N) is 2. The Labute approximate surface area is 147 Å². The van der Waals surface area contributed by atoms with E-state index in [1.807, 2.05) is 4.90 Å². The van der Waals surface area contributed by atoms with Crippen LogP contribution in [0.3, 0.4) is 0 Å². The Morgan fingerprint density at radius 3 is 2.58 bits per heavy atom. The van der Waals surface area contributed by atoms with Crippen molar-refractivity contribution in [2.75, 3.05) is 19.8 Å². The number of urea groups is 1. The highest BCUT2D eigenvalue weighted by Crippen LogP contribution is 2.29. The number of hydrogen-bond acceptors (Lipinski definition) is 3. The van der Waals surface area contributed by atoms with Crippen LogP contribution >= 0.6 is 11.8 Å². The molecule has 0 aromatic heterocycles. The number of hydrogen-bond donors (Lipinski definition) is 1. The Bertz CT molecular complexity index is 601. The fraction of sp³-hybridized carbons (Fsp3) is 0.556. The lowest BCUT2D eigenvalue weighted by atomic mass is 10.1. The minimum Gasteiger partial charge on any atom is -0.344 e. The van der Waals surface area contributed by atoms with E-state index in [0.29, 0.717) is 25.6 Å².